The van der Waals surface area contributed by atoms with E-state index in [0.29, 0.717) is 29.0 Å². The van der Waals surface area contributed by atoms with Crippen molar-refractivity contribution < 1.29 is 9.90 Å². The molecule has 1 heterocycles. The number of anilines is 2. The van der Waals surface area contributed by atoms with Crippen molar-refractivity contribution in [3.8, 4) is 5.75 Å². The van der Waals surface area contributed by atoms with E-state index in [2.05, 4.69) is 20.8 Å². The molecule has 3 aromatic carbocycles. The van der Waals surface area contributed by atoms with E-state index < -0.39 is 0 Å². The van der Waals surface area contributed by atoms with E-state index in [4.69, 9.17) is 5.41 Å². The fourth-order valence-electron chi connectivity index (χ4n) is 3.10. The molecule has 0 saturated heterocycles. The first-order valence-electron chi connectivity index (χ1n) is 9.05. The van der Waals surface area contributed by atoms with Gasteiger partial charge >= 0.3 is 0 Å². The normalized spacial score (nSPS) is 10.6. The molecule has 0 fully saturated rings. The zero-order valence-electron chi connectivity index (χ0n) is 15.4. The van der Waals surface area contributed by atoms with E-state index in [0.717, 1.165) is 22.8 Å². The number of H-pyrrole nitrogens is 1. The minimum atomic E-state index is -0.203. The van der Waals surface area contributed by atoms with Gasteiger partial charge in [-0.15, -0.1) is 0 Å². The minimum absolute atomic E-state index is 0.0912. The monoisotopic (exact) mass is 385 g/mol. The summed E-state index contributed by atoms with van der Waals surface area (Å²) in [5, 5.41) is 31.3. The Morgan fingerprint density at radius 2 is 1.97 bits per heavy atom. The molecule has 0 spiro atoms. The Morgan fingerprint density at radius 3 is 2.83 bits per heavy atom. The Morgan fingerprint density at radius 1 is 1.10 bits per heavy atom. The second kappa shape index (κ2) is 7.85. The van der Waals surface area contributed by atoms with Gasteiger partial charge in [0.2, 0.25) is 0 Å². The molecule has 0 atom stereocenters. The number of fused-ring (bicyclic) bond motifs is 1. The topological polar surface area (TPSA) is 114 Å². The summed E-state index contributed by atoms with van der Waals surface area (Å²) in [5.41, 5.74) is 4.14. The molecule has 29 heavy (non-hydrogen) atoms. The number of para-hydroxylation sites is 1. The van der Waals surface area contributed by atoms with Crippen LogP contribution < -0.4 is 10.6 Å². The number of nitrogens with zero attached hydrogens (tertiary/aromatic N) is 1. The first-order chi connectivity index (χ1) is 14.1. The van der Waals surface area contributed by atoms with Crippen LogP contribution in [0, 0.1) is 5.41 Å². The van der Waals surface area contributed by atoms with Gasteiger partial charge in [0.15, 0.2) is 0 Å². The van der Waals surface area contributed by atoms with E-state index in [1.165, 1.54) is 6.07 Å². The summed E-state index contributed by atoms with van der Waals surface area (Å²) in [5.74, 6) is -0.112. The van der Waals surface area contributed by atoms with E-state index in [-0.39, 0.29) is 11.7 Å². The third-order valence-corrected chi connectivity index (χ3v) is 4.56. The van der Waals surface area contributed by atoms with Crippen molar-refractivity contribution in [3.05, 3.63) is 83.6 Å². The number of phenols is 1. The van der Waals surface area contributed by atoms with Crippen LogP contribution in [-0.2, 0) is 6.54 Å². The van der Waals surface area contributed by atoms with Gasteiger partial charge in [-0.25, -0.2) is 0 Å². The Kier molecular flexibility index (Phi) is 4.94. The number of benzene rings is 3. The average Bonchev–Trinajstić information content (AvgIpc) is 3.16. The summed E-state index contributed by atoms with van der Waals surface area (Å²) in [7, 11) is 0. The maximum Gasteiger partial charge on any atom is 0.251 e. The number of amides is 1. The minimum Gasteiger partial charge on any atom is -0.508 e. The molecule has 1 amide bonds. The zero-order valence-corrected chi connectivity index (χ0v) is 15.4. The van der Waals surface area contributed by atoms with Crippen molar-refractivity contribution >= 4 is 34.4 Å². The summed E-state index contributed by atoms with van der Waals surface area (Å²) in [6.07, 6.45) is 1.16. The molecule has 0 aliphatic carbocycles. The van der Waals surface area contributed by atoms with Crippen molar-refractivity contribution in [2.24, 2.45) is 0 Å². The van der Waals surface area contributed by atoms with Crippen LogP contribution in [0.3, 0.4) is 0 Å². The second-order valence-electron chi connectivity index (χ2n) is 6.52. The summed E-state index contributed by atoms with van der Waals surface area (Å²) in [4.78, 5) is 12.6. The summed E-state index contributed by atoms with van der Waals surface area (Å²) < 4.78 is 0. The van der Waals surface area contributed by atoms with Crippen LogP contribution in [0.25, 0.3) is 10.9 Å². The van der Waals surface area contributed by atoms with E-state index in [1.807, 2.05) is 30.3 Å². The Labute approximate surface area is 166 Å². The van der Waals surface area contributed by atoms with Gasteiger partial charge in [-0.1, -0.05) is 24.3 Å². The first-order valence-corrected chi connectivity index (χ1v) is 9.05. The maximum atomic E-state index is 12.6. The van der Waals surface area contributed by atoms with E-state index in [1.54, 1.807) is 30.3 Å². The summed E-state index contributed by atoms with van der Waals surface area (Å²) in [6.45, 7) is 0.340. The van der Waals surface area contributed by atoms with Gasteiger partial charge in [0.25, 0.3) is 5.91 Å². The predicted molar refractivity (Wildman–Crippen MR) is 113 cm³/mol. The lowest BCUT2D eigenvalue weighted by Gasteiger charge is -2.11. The van der Waals surface area contributed by atoms with Gasteiger partial charge in [-0.3, -0.25) is 9.89 Å². The fourth-order valence-corrected chi connectivity index (χ4v) is 3.10. The predicted octanol–water partition coefficient (Wildman–Crippen LogP) is 3.94. The van der Waals surface area contributed by atoms with Gasteiger partial charge < -0.3 is 21.1 Å². The van der Waals surface area contributed by atoms with Crippen molar-refractivity contribution in [3.63, 3.8) is 0 Å². The summed E-state index contributed by atoms with van der Waals surface area (Å²) in [6, 6.07) is 19.6. The van der Waals surface area contributed by atoms with Crippen LogP contribution in [0.15, 0.2) is 66.7 Å². The Bertz CT molecular complexity index is 1200. The van der Waals surface area contributed by atoms with Gasteiger partial charge in [-0.05, 0) is 42.5 Å². The molecule has 1 aromatic heterocycles. The molecular formula is C22H19N5O2. The zero-order chi connectivity index (χ0) is 20.2. The van der Waals surface area contributed by atoms with Crippen LogP contribution in [0.2, 0.25) is 0 Å². The molecule has 7 heteroatoms. The van der Waals surface area contributed by atoms with Crippen LogP contribution in [0.1, 0.15) is 21.6 Å². The molecule has 4 rings (SSSR count). The highest BCUT2D eigenvalue weighted by Crippen LogP contribution is 2.24. The van der Waals surface area contributed by atoms with E-state index >= 15 is 0 Å². The number of carbonyl (C=O) groups excluding carboxylic acids is 1. The third-order valence-electron chi connectivity index (χ3n) is 4.56. The number of hydrogen-bond donors (Lipinski definition) is 5. The quantitative estimate of drug-likeness (QED) is 0.255. The number of nitrogens with one attached hydrogen (secondary N) is 4. The third kappa shape index (κ3) is 3.93. The Balaban J connectivity index is 1.48. The standard InChI is InChI=1S/C22H19N5O2/c23-12-15-11-17(28)8-9-19(15)25-16-5-3-4-14(10-16)22(29)24-13-21-18-6-1-2-7-20(18)26-27-21/h1-12,23,25,28H,13H2,(H,24,29)(H,26,27). The molecule has 0 aliphatic heterocycles. The molecular weight excluding hydrogens is 366 g/mol. The number of phenolic OH excluding ortho intramolecular Hbond substituents is 1. The second-order valence-corrected chi connectivity index (χ2v) is 6.52. The molecule has 5 N–H and O–H groups in total. The molecule has 0 aliphatic rings. The number of hydrogen-bond acceptors (Lipinski definition) is 5. The molecule has 4 aromatic rings. The molecule has 0 unspecified atom stereocenters. The number of aromatic hydroxyl groups is 1. The Hall–Kier alpha value is -4.13. The molecule has 0 radical (unpaired) electrons. The van der Waals surface area contributed by atoms with Gasteiger partial charge in [0.1, 0.15) is 5.75 Å². The SMILES string of the molecule is N=Cc1cc(O)ccc1Nc1cccc(C(=O)NCc2[nH]nc3ccccc23)c1. The van der Waals surface area contributed by atoms with Crippen LogP contribution in [0.4, 0.5) is 11.4 Å². The smallest absolute Gasteiger partial charge is 0.251 e. The van der Waals surface area contributed by atoms with Crippen molar-refractivity contribution in [1.82, 2.24) is 15.5 Å². The average molecular weight is 385 g/mol. The van der Waals surface area contributed by atoms with Crippen molar-refractivity contribution in [2.75, 3.05) is 5.32 Å². The first kappa shape index (κ1) is 18.2. The number of carbonyl (C=O) groups is 1. The lowest BCUT2D eigenvalue weighted by atomic mass is 10.1. The fraction of sp³-hybridized carbons (Fsp3) is 0.0455. The number of aromatic nitrogens is 2. The molecule has 0 saturated carbocycles. The van der Waals surface area contributed by atoms with Crippen LogP contribution in [-0.4, -0.2) is 27.4 Å². The van der Waals surface area contributed by atoms with Crippen molar-refractivity contribution in [2.45, 2.75) is 6.54 Å². The molecule has 7 nitrogen and oxygen atoms in total. The largest absolute Gasteiger partial charge is 0.508 e. The lowest BCUT2D eigenvalue weighted by Crippen LogP contribution is -2.23. The highest BCUT2D eigenvalue weighted by Gasteiger charge is 2.10. The van der Waals surface area contributed by atoms with Gasteiger partial charge in [0.05, 0.1) is 17.8 Å². The van der Waals surface area contributed by atoms with Gasteiger partial charge in [-0.2, -0.15) is 5.10 Å². The highest BCUT2D eigenvalue weighted by atomic mass is 16.3. The van der Waals surface area contributed by atoms with Crippen LogP contribution in [0.5, 0.6) is 5.75 Å². The van der Waals surface area contributed by atoms with Crippen molar-refractivity contribution in [1.29, 1.82) is 5.41 Å². The van der Waals surface area contributed by atoms with E-state index in [9.17, 15) is 9.90 Å². The number of aromatic amines is 1. The number of rotatable bonds is 6. The lowest BCUT2D eigenvalue weighted by molar-refractivity contribution is 0.0950. The molecule has 0 bridgehead atoms. The van der Waals surface area contributed by atoms with Crippen LogP contribution >= 0.6 is 0 Å². The van der Waals surface area contributed by atoms with Gasteiger partial charge in [0, 0.05) is 34.1 Å². The summed E-state index contributed by atoms with van der Waals surface area (Å²) >= 11 is 0. The molecule has 144 valence electrons. The maximum absolute atomic E-state index is 12.6. The highest BCUT2D eigenvalue weighted by molar-refractivity contribution is 5.96.